The summed E-state index contributed by atoms with van der Waals surface area (Å²) < 4.78 is 10.3. The molecule has 18 heavy (non-hydrogen) atoms. The first-order chi connectivity index (χ1) is 8.81. The van der Waals surface area contributed by atoms with Crippen molar-refractivity contribution in [2.24, 2.45) is 0 Å². The van der Waals surface area contributed by atoms with E-state index in [2.05, 4.69) is 4.98 Å². The van der Waals surface area contributed by atoms with Gasteiger partial charge in [-0.1, -0.05) is 18.2 Å². The van der Waals surface area contributed by atoms with Crippen LogP contribution in [0, 0.1) is 0 Å². The first kappa shape index (κ1) is 12.1. The minimum Gasteiger partial charge on any atom is -0.486 e. The van der Waals surface area contributed by atoms with Gasteiger partial charge in [-0.25, -0.2) is 4.79 Å². The van der Waals surface area contributed by atoms with Crippen molar-refractivity contribution in [3.8, 4) is 5.75 Å². The highest BCUT2D eigenvalue weighted by molar-refractivity contribution is 5.92. The van der Waals surface area contributed by atoms with Gasteiger partial charge in [-0.05, 0) is 24.3 Å². The van der Waals surface area contributed by atoms with E-state index in [1.165, 1.54) is 7.11 Å². The van der Waals surface area contributed by atoms with Gasteiger partial charge in [0.15, 0.2) is 0 Å². The van der Waals surface area contributed by atoms with E-state index >= 15 is 0 Å². The molecule has 1 heterocycles. The smallest absolute Gasteiger partial charge is 0.341 e. The van der Waals surface area contributed by atoms with Crippen molar-refractivity contribution >= 4 is 5.97 Å². The molecule has 0 saturated carbocycles. The lowest BCUT2D eigenvalue weighted by molar-refractivity contribution is 0.0595. The Morgan fingerprint density at radius 3 is 2.67 bits per heavy atom. The van der Waals surface area contributed by atoms with E-state index in [1.807, 2.05) is 18.2 Å². The Morgan fingerprint density at radius 2 is 1.94 bits per heavy atom. The second kappa shape index (κ2) is 5.82. The third-order valence-corrected chi connectivity index (χ3v) is 2.39. The van der Waals surface area contributed by atoms with Crippen LogP contribution in [0.1, 0.15) is 16.1 Å². The van der Waals surface area contributed by atoms with Crippen LogP contribution in [-0.2, 0) is 11.3 Å². The Kier molecular flexibility index (Phi) is 3.91. The average Bonchev–Trinajstić information content (AvgIpc) is 2.45. The van der Waals surface area contributed by atoms with Crippen LogP contribution in [-0.4, -0.2) is 18.1 Å². The van der Waals surface area contributed by atoms with E-state index in [0.717, 1.165) is 5.69 Å². The van der Waals surface area contributed by atoms with E-state index in [0.29, 0.717) is 17.9 Å². The number of hydrogen-bond acceptors (Lipinski definition) is 4. The summed E-state index contributed by atoms with van der Waals surface area (Å²) >= 11 is 0. The summed E-state index contributed by atoms with van der Waals surface area (Å²) in [4.78, 5) is 15.7. The molecule has 0 fully saturated rings. The highest BCUT2D eigenvalue weighted by atomic mass is 16.5. The van der Waals surface area contributed by atoms with Gasteiger partial charge >= 0.3 is 5.97 Å². The summed E-state index contributed by atoms with van der Waals surface area (Å²) in [5.41, 5.74) is 1.22. The molecule has 0 radical (unpaired) electrons. The molecule has 4 nitrogen and oxygen atoms in total. The van der Waals surface area contributed by atoms with Crippen LogP contribution in [0.5, 0.6) is 5.75 Å². The standard InChI is InChI=1S/C14H13NO3/c1-17-14(16)12-7-2-3-8-13(12)18-10-11-6-4-5-9-15-11/h2-9H,10H2,1H3. The normalized spacial score (nSPS) is 9.83. The fourth-order valence-electron chi connectivity index (χ4n) is 1.51. The molecular weight excluding hydrogens is 230 g/mol. The van der Waals surface area contributed by atoms with Crippen molar-refractivity contribution < 1.29 is 14.3 Å². The van der Waals surface area contributed by atoms with Crippen LogP contribution in [0.2, 0.25) is 0 Å². The quantitative estimate of drug-likeness (QED) is 0.774. The van der Waals surface area contributed by atoms with Gasteiger partial charge in [0, 0.05) is 6.20 Å². The number of methoxy groups -OCH3 is 1. The van der Waals surface area contributed by atoms with Gasteiger partial charge < -0.3 is 9.47 Å². The number of nitrogens with zero attached hydrogens (tertiary/aromatic N) is 1. The number of pyridine rings is 1. The van der Waals surface area contributed by atoms with Crippen molar-refractivity contribution in [2.45, 2.75) is 6.61 Å². The third-order valence-electron chi connectivity index (χ3n) is 2.39. The van der Waals surface area contributed by atoms with Crippen LogP contribution in [0.25, 0.3) is 0 Å². The van der Waals surface area contributed by atoms with Crippen LogP contribution in [0.4, 0.5) is 0 Å². The predicted molar refractivity (Wildman–Crippen MR) is 66.4 cm³/mol. The molecule has 2 aromatic rings. The van der Waals surface area contributed by atoms with E-state index in [9.17, 15) is 4.79 Å². The summed E-state index contributed by atoms with van der Waals surface area (Å²) in [5.74, 6) is 0.0848. The summed E-state index contributed by atoms with van der Waals surface area (Å²) in [6.45, 7) is 0.314. The first-order valence-corrected chi connectivity index (χ1v) is 5.51. The number of benzene rings is 1. The van der Waals surface area contributed by atoms with Gasteiger partial charge in [-0.3, -0.25) is 4.98 Å². The molecule has 0 aliphatic heterocycles. The molecule has 4 heteroatoms. The second-order valence-corrected chi connectivity index (χ2v) is 3.60. The lowest BCUT2D eigenvalue weighted by Gasteiger charge is -2.09. The lowest BCUT2D eigenvalue weighted by Crippen LogP contribution is -2.06. The van der Waals surface area contributed by atoms with Crippen molar-refractivity contribution in [1.29, 1.82) is 0 Å². The fraction of sp³-hybridized carbons (Fsp3) is 0.143. The van der Waals surface area contributed by atoms with E-state index in [1.54, 1.807) is 30.5 Å². The van der Waals surface area contributed by atoms with E-state index in [-0.39, 0.29) is 0 Å². The van der Waals surface area contributed by atoms with Crippen molar-refractivity contribution in [3.63, 3.8) is 0 Å². The third kappa shape index (κ3) is 2.85. The van der Waals surface area contributed by atoms with Crippen molar-refractivity contribution in [3.05, 3.63) is 59.9 Å². The molecule has 1 aromatic carbocycles. The summed E-state index contributed by atoms with van der Waals surface area (Å²) in [5, 5.41) is 0. The highest BCUT2D eigenvalue weighted by Gasteiger charge is 2.11. The maximum Gasteiger partial charge on any atom is 0.341 e. The van der Waals surface area contributed by atoms with Crippen molar-refractivity contribution in [2.75, 3.05) is 7.11 Å². The Hall–Kier alpha value is -2.36. The molecule has 92 valence electrons. The molecule has 0 amide bonds. The predicted octanol–water partition coefficient (Wildman–Crippen LogP) is 2.45. The molecule has 0 atom stereocenters. The van der Waals surface area contributed by atoms with Crippen LogP contribution < -0.4 is 4.74 Å². The molecule has 0 aliphatic carbocycles. The summed E-state index contributed by atoms with van der Waals surface area (Å²) in [7, 11) is 1.35. The average molecular weight is 243 g/mol. The van der Waals surface area contributed by atoms with Gasteiger partial charge in [0.1, 0.15) is 17.9 Å². The zero-order chi connectivity index (χ0) is 12.8. The first-order valence-electron chi connectivity index (χ1n) is 5.51. The molecule has 0 unspecified atom stereocenters. The number of hydrogen-bond donors (Lipinski definition) is 0. The Labute approximate surface area is 105 Å². The maximum atomic E-state index is 11.5. The second-order valence-electron chi connectivity index (χ2n) is 3.60. The lowest BCUT2D eigenvalue weighted by atomic mass is 10.2. The SMILES string of the molecule is COC(=O)c1ccccc1OCc1ccccn1. The molecule has 2 rings (SSSR count). The van der Waals surface area contributed by atoms with Gasteiger partial charge in [-0.15, -0.1) is 0 Å². The van der Waals surface area contributed by atoms with Crippen LogP contribution >= 0.6 is 0 Å². The number of carbonyl (C=O) groups excluding carboxylic acids is 1. The number of para-hydroxylation sites is 1. The van der Waals surface area contributed by atoms with Gasteiger partial charge in [0.05, 0.1) is 12.8 Å². The Morgan fingerprint density at radius 1 is 1.17 bits per heavy atom. The van der Waals surface area contributed by atoms with E-state index in [4.69, 9.17) is 9.47 Å². The number of esters is 1. The summed E-state index contributed by atoms with van der Waals surface area (Å²) in [6.07, 6.45) is 1.70. The van der Waals surface area contributed by atoms with Gasteiger partial charge in [0.2, 0.25) is 0 Å². The van der Waals surface area contributed by atoms with Crippen LogP contribution in [0.3, 0.4) is 0 Å². The minimum absolute atomic E-state index is 0.314. The molecule has 0 bridgehead atoms. The Balaban J connectivity index is 2.12. The molecule has 0 spiro atoms. The zero-order valence-electron chi connectivity index (χ0n) is 10.00. The fourth-order valence-corrected chi connectivity index (χ4v) is 1.51. The molecule has 1 aromatic heterocycles. The highest BCUT2D eigenvalue weighted by Crippen LogP contribution is 2.19. The van der Waals surface area contributed by atoms with Crippen molar-refractivity contribution in [1.82, 2.24) is 4.98 Å². The number of carbonyl (C=O) groups is 1. The molecule has 0 N–H and O–H groups in total. The monoisotopic (exact) mass is 243 g/mol. The Bertz CT molecular complexity index is 526. The van der Waals surface area contributed by atoms with Gasteiger partial charge in [0.25, 0.3) is 0 Å². The molecule has 0 aliphatic rings. The zero-order valence-corrected chi connectivity index (χ0v) is 10.00. The van der Waals surface area contributed by atoms with E-state index < -0.39 is 5.97 Å². The summed E-state index contributed by atoms with van der Waals surface area (Å²) in [6, 6.07) is 12.6. The molecule has 0 saturated heterocycles. The largest absolute Gasteiger partial charge is 0.486 e. The van der Waals surface area contributed by atoms with Gasteiger partial charge in [-0.2, -0.15) is 0 Å². The minimum atomic E-state index is -0.411. The topological polar surface area (TPSA) is 48.4 Å². The number of ether oxygens (including phenoxy) is 2. The van der Waals surface area contributed by atoms with Crippen LogP contribution in [0.15, 0.2) is 48.7 Å². The maximum absolute atomic E-state index is 11.5. The molecular formula is C14H13NO3. The number of aromatic nitrogens is 1. The number of rotatable bonds is 4.